The maximum Gasteiger partial charge on any atom is 0.326 e. The first-order valence-corrected chi connectivity index (χ1v) is 8.27. The Morgan fingerprint density at radius 3 is 2.75 bits per heavy atom. The number of carbonyl (C=O) groups is 3. The molecule has 1 heterocycles. The first-order valence-electron chi connectivity index (χ1n) is 7.45. The van der Waals surface area contributed by atoms with Gasteiger partial charge in [-0.05, 0) is 41.5 Å². The zero-order chi connectivity index (χ0) is 17.7. The van der Waals surface area contributed by atoms with Crippen LogP contribution in [0.25, 0.3) is 6.08 Å². The number of hydrogen-bond acceptors (Lipinski definition) is 6. The minimum Gasteiger partial charge on any atom is -0.497 e. The topological polar surface area (TPSA) is 72.9 Å². The van der Waals surface area contributed by atoms with Gasteiger partial charge in [-0.25, -0.2) is 0 Å². The Morgan fingerprint density at radius 2 is 2.08 bits per heavy atom. The van der Waals surface area contributed by atoms with Crippen molar-refractivity contribution in [3.8, 4) is 5.75 Å². The number of esters is 1. The quantitative estimate of drug-likeness (QED) is 0.581. The van der Waals surface area contributed by atoms with Crippen LogP contribution in [0.5, 0.6) is 5.75 Å². The van der Waals surface area contributed by atoms with Crippen LogP contribution < -0.4 is 4.74 Å². The molecule has 0 aromatic heterocycles. The van der Waals surface area contributed by atoms with Crippen LogP contribution in [0.3, 0.4) is 0 Å². The maximum absolute atomic E-state index is 12.3. The van der Waals surface area contributed by atoms with E-state index in [2.05, 4.69) is 0 Å². The fourth-order valence-electron chi connectivity index (χ4n) is 1.95. The lowest BCUT2D eigenvalue weighted by Crippen LogP contribution is -2.34. The molecule has 0 saturated carbocycles. The summed E-state index contributed by atoms with van der Waals surface area (Å²) >= 11 is 0.806. The molecule has 24 heavy (non-hydrogen) atoms. The number of ether oxygens (including phenoxy) is 2. The van der Waals surface area contributed by atoms with E-state index < -0.39 is 17.1 Å². The van der Waals surface area contributed by atoms with E-state index >= 15 is 0 Å². The fraction of sp³-hybridized carbons (Fsp3) is 0.353. The molecule has 1 saturated heterocycles. The molecule has 6 nitrogen and oxygen atoms in total. The SMILES string of the molecule is COc1cccc(/C=C2/SC(=O)N(CC(=O)OCC(C)C)C2=O)c1. The highest BCUT2D eigenvalue weighted by molar-refractivity contribution is 8.18. The number of methoxy groups -OCH3 is 1. The lowest BCUT2D eigenvalue weighted by atomic mass is 10.2. The van der Waals surface area contributed by atoms with Crippen molar-refractivity contribution < 1.29 is 23.9 Å². The zero-order valence-electron chi connectivity index (χ0n) is 13.8. The molecule has 2 rings (SSSR count). The van der Waals surface area contributed by atoms with Gasteiger partial charge < -0.3 is 9.47 Å². The molecule has 0 unspecified atom stereocenters. The molecular formula is C17H19NO5S. The third kappa shape index (κ3) is 4.61. The lowest BCUT2D eigenvalue weighted by molar-refractivity contribution is -0.147. The summed E-state index contributed by atoms with van der Waals surface area (Å²) in [6.45, 7) is 3.70. The van der Waals surface area contributed by atoms with Gasteiger partial charge in [0, 0.05) is 0 Å². The van der Waals surface area contributed by atoms with Crippen LogP contribution in [0.2, 0.25) is 0 Å². The van der Waals surface area contributed by atoms with Gasteiger partial charge in [0.05, 0.1) is 18.6 Å². The molecule has 1 fully saturated rings. The predicted octanol–water partition coefficient (Wildman–Crippen LogP) is 2.93. The molecule has 0 N–H and O–H groups in total. The van der Waals surface area contributed by atoms with Gasteiger partial charge in [0.25, 0.3) is 11.1 Å². The van der Waals surface area contributed by atoms with Crippen LogP contribution in [0, 0.1) is 5.92 Å². The van der Waals surface area contributed by atoms with Gasteiger partial charge in [0.1, 0.15) is 12.3 Å². The van der Waals surface area contributed by atoms with Crippen LogP contribution in [0.15, 0.2) is 29.2 Å². The molecule has 0 aliphatic carbocycles. The smallest absolute Gasteiger partial charge is 0.326 e. The maximum atomic E-state index is 12.3. The van der Waals surface area contributed by atoms with Gasteiger partial charge in [-0.3, -0.25) is 19.3 Å². The van der Waals surface area contributed by atoms with Gasteiger partial charge in [-0.1, -0.05) is 26.0 Å². The molecule has 128 valence electrons. The van der Waals surface area contributed by atoms with E-state index in [1.807, 2.05) is 13.8 Å². The van der Waals surface area contributed by atoms with Crippen molar-refractivity contribution in [1.82, 2.24) is 4.90 Å². The Hall–Kier alpha value is -2.28. The minimum atomic E-state index is -0.589. The Labute approximate surface area is 144 Å². The number of rotatable bonds is 6. The largest absolute Gasteiger partial charge is 0.497 e. The summed E-state index contributed by atoms with van der Waals surface area (Å²) in [4.78, 5) is 37.2. The van der Waals surface area contributed by atoms with Crippen molar-refractivity contribution in [2.45, 2.75) is 13.8 Å². The van der Waals surface area contributed by atoms with Gasteiger partial charge in [-0.15, -0.1) is 0 Å². The van der Waals surface area contributed by atoms with E-state index in [0.29, 0.717) is 5.75 Å². The van der Waals surface area contributed by atoms with Crippen molar-refractivity contribution in [3.05, 3.63) is 34.7 Å². The average Bonchev–Trinajstić information content (AvgIpc) is 2.80. The number of carbonyl (C=O) groups excluding carboxylic acids is 3. The Morgan fingerprint density at radius 1 is 1.33 bits per heavy atom. The molecule has 2 amide bonds. The van der Waals surface area contributed by atoms with Crippen LogP contribution in [0.4, 0.5) is 4.79 Å². The number of hydrogen-bond donors (Lipinski definition) is 0. The molecule has 0 radical (unpaired) electrons. The predicted molar refractivity (Wildman–Crippen MR) is 91.5 cm³/mol. The summed E-state index contributed by atoms with van der Waals surface area (Å²) < 4.78 is 10.1. The number of nitrogens with zero attached hydrogens (tertiary/aromatic N) is 1. The van der Waals surface area contributed by atoms with E-state index in [1.165, 1.54) is 0 Å². The molecular weight excluding hydrogens is 330 g/mol. The molecule has 1 aliphatic heterocycles. The summed E-state index contributed by atoms with van der Waals surface area (Å²) in [5, 5.41) is -0.476. The van der Waals surface area contributed by atoms with Crippen molar-refractivity contribution in [1.29, 1.82) is 0 Å². The highest BCUT2D eigenvalue weighted by Crippen LogP contribution is 2.32. The lowest BCUT2D eigenvalue weighted by Gasteiger charge is -2.12. The fourth-order valence-corrected chi connectivity index (χ4v) is 2.79. The molecule has 0 atom stereocenters. The number of imide groups is 1. The monoisotopic (exact) mass is 349 g/mol. The van der Waals surface area contributed by atoms with E-state index in [1.54, 1.807) is 37.5 Å². The van der Waals surface area contributed by atoms with Crippen molar-refractivity contribution in [3.63, 3.8) is 0 Å². The van der Waals surface area contributed by atoms with Crippen LogP contribution in [0.1, 0.15) is 19.4 Å². The third-order valence-corrected chi connectivity index (χ3v) is 4.04. The summed E-state index contributed by atoms with van der Waals surface area (Å²) in [6.07, 6.45) is 1.60. The Kier molecular flexibility index (Phi) is 6.03. The van der Waals surface area contributed by atoms with Crippen LogP contribution in [-0.4, -0.2) is 42.3 Å². The summed E-state index contributed by atoms with van der Waals surface area (Å²) in [5.41, 5.74) is 0.738. The molecule has 1 aliphatic rings. The average molecular weight is 349 g/mol. The molecule has 1 aromatic carbocycles. The van der Waals surface area contributed by atoms with Gasteiger partial charge in [0.15, 0.2) is 0 Å². The van der Waals surface area contributed by atoms with Crippen molar-refractivity contribution >= 4 is 35.0 Å². The highest BCUT2D eigenvalue weighted by atomic mass is 32.2. The van der Waals surface area contributed by atoms with E-state index in [0.717, 1.165) is 22.2 Å². The molecule has 0 spiro atoms. The van der Waals surface area contributed by atoms with Crippen LogP contribution in [-0.2, 0) is 14.3 Å². The summed E-state index contributed by atoms with van der Waals surface area (Å²) in [5.74, 6) is -0.236. The molecule has 0 bridgehead atoms. The molecule has 7 heteroatoms. The van der Waals surface area contributed by atoms with Crippen molar-refractivity contribution in [2.75, 3.05) is 20.3 Å². The second-order valence-electron chi connectivity index (χ2n) is 5.62. The van der Waals surface area contributed by atoms with E-state index in [9.17, 15) is 14.4 Å². The van der Waals surface area contributed by atoms with Gasteiger partial charge in [0.2, 0.25) is 0 Å². The highest BCUT2D eigenvalue weighted by Gasteiger charge is 2.36. The second kappa shape index (κ2) is 8.01. The normalized spacial score (nSPS) is 16.2. The summed E-state index contributed by atoms with van der Waals surface area (Å²) in [6, 6.07) is 7.13. The van der Waals surface area contributed by atoms with Gasteiger partial charge in [-0.2, -0.15) is 0 Å². The van der Waals surface area contributed by atoms with E-state index in [4.69, 9.17) is 9.47 Å². The standard InChI is InChI=1S/C17H19NO5S/c1-11(2)10-23-15(19)9-18-16(20)14(24-17(18)21)8-12-5-4-6-13(7-12)22-3/h4-8,11H,9-10H2,1-3H3/b14-8+. The second-order valence-corrected chi connectivity index (χ2v) is 6.61. The van der Waals surface area contributed by atoms with Crippen LogP contribution >= 0.6 is 11.8 Å². The zero-order valence-corrected chi connectivity index (χ0v) is 14.6. The van der Waals surface area contributed by atoms with E-state index in [-0.39, 0.29) is 24.0 Å². The Bertz CT molecular complexity index is 683. The van der Waals surface area contributed by atoms with Crippen molar-refractivity contribution in [2.24, 2.45) is 5.92 Å². The molecule has 1 aromatic rings. The first kappa shape index (κ1) is 18.1. The number of benzene rings is 1. The number of amides is 2. The minimum absolute atomic E-state index is 0.192. The number of thioether (sulfide) groups is 1. The Balaban J connectivity index is 2.07. The third-order valence-electron chi connectivity index (χ3n) is 3.13. The van der Waals surface area contributed by atoms with Gasteiger partial charge >= 0.3 is 5.97 Å². The first-order chi connectivity index (χ1) is 11.4. The summed E-state index contributed by atoms with van der Waals surface area (Å²) in [7, 11) is 1.55.